The van der Waals surface area contributed by atoms with Crippen LogP contribution >= 0.6 is 23.2 Å². The fourth-order valence-corrected chi connectivity index (χ4v) is 4.80. The minimum Gasteiger partial charge on any atom is -0.337 e. The fourth-order valence-electron chi connectivity index (χ4n) is 2.79. The fraction of sp³-hybridized carbons (Fsp3) is 0.235. The number of hydrogen-bond acceptors (Lipinski definition) is 3. The third-order valence-corrected chi connectivity index (χ3v) is 6.76. The van der Waals surface area contributed by atoms with E-state index in [1.165, 1.54) is 12.1 Å². The van der Waals surface area contributed by atoms with Gasteiger partial charge in [-0.2, -0.15) is 0 Å². The van der Waals surface area contributed by atoms with Crippen molar-refractivity contribution in [3.05, 3.63) is 64.1 Å². The maximum atomic E-state index is 12.7. The summed E-state index contributed by atoms with van der Waals surface area (Å²) in [7, 11) is -3.49. The third kappa shape index (κ3) is 3.43. The molecule has 0 radical (unpaired) electrons. The van der Waals surface area contributed by atoms with E-state index in [4.69, 9.17) is 23.2 Å². The van der Waals surface area contributed by atoms with E-state index < -0.39 is 15.1 Å². The van der Waals surface area contributed by atoms with Gasteiger partial charge in [-0.25, -0.2) is 8.42 Å². The molecule has 1 fully saturated rings. The first-order valence-electron chi connectivity index (χ1n) is 7.42. The predicted molar refractivity (Wildman–Crippen MR) is 94.4 cm³/mol. The molecule has 1 saturated heterocycles. The number of rotatable bonds is 3. The topological polar surface area (TPSA) is 54.5 Å². The standard InChI is InChI=1S/C17H15Cl2NO3S/c18-13-4-6-15(7-5-13)24(22,23)16-8-9-20(11-16)17(21)12-2-1-3-14(19)10-12/h1-7,10,16H,8-9,11H2. The predicted octanol–water partition coefficient (Wildman–Crippen LogP) is 3.68. The van der Waals surface area contributed by atoms with Crippen LogP contribution in [0.5, 0.6) is 0 Å². The van der Waals surface area contributed by atoms with Gasteiger partial charge in [0.15, 0.2) is 9.84 Å². The molecule has 1 heterocycles. The number of carbonyl (C=O) groups excluding carboxylic acids is 1. The quantitative estimate of drug-likeness (QED) is 0.811. The summed E-state index contributed by atoms with van der Waals surface area (Å²) in [4.78, 5) is 14.3. The van der Waals surface area contributed by atoms with Crippen LogP contribution in [0.2, 0.25) is 10.0 Å². The third-order valence-electron chi connectivity index (χ3n) is 4.08. The molecule has 1 unspecified atom stereocenters. The zero-order valence-corrected chi connectivity index (χ0v) is 15.0. The van der Waals surface area contributed by atoms with Crippen LogP contribution in [0, 0.1) is 0 Å². The maximum absolute atomic E-state index is 12.7. The number of nitrogens with zero attached hydrogens (tertiary/aromatic N) is 1. The van der Waals surface area contributed by atoms with E-state index in [0.29, 0.717) is 28.6 Å². The van der Waals surface area contributed by atoms with Crippen molar-refractivity contribution in [2.75, 3.05) is 13.1 Å². The van der Waals surface area contributed by atoms with Crippen molar-refractivity contribution < 1.29 is 13.2 Å². The molecule has 4 nitrogen and oxygen atoms in total. The lowest BCUT2D eigenvalue weighted by molar-refractivity contribution is 0.0793. The van der Waals surface area contributed by atoms with E-state index in [1.807, 2.05) is 0 Å². The van der Waals surface area contributed by atoms with Crippen LogP contribution < -0.4 is 0 Å². The van der Waals surface area contributed by atoms with Crippen LogP contribution in [-0.4, -0.2) is 37.6 Å². The van der Waals surface area contributed by atoms with Crippen LogP contribution in [0.25, 0.3) is 0 Å². The van der Waals surface area contributed by atoms with Crippen LogP contribution in [0.3, 0.4) is 0 Å². The molecule has 0 bridgehead atoms. The highest BCUT2D eigenvalue weighted by molar-refractivity contribution is 7.92. The normalized spacial score (nSPS) is 17.9. The lowest BCUT2D eigenvalue weighted by Crippen LogP contribution is -2.31. The van der Waals surface area contributed by atoms with E-state index in [-0.39, 0.29) is 17.3 Å². The van der Waals surface area contributed by atoms with E-state index in [2.05, 4.69) is 0 Å². The van der Waals surface area contributed by atoms with Crippen LogP contribution in [0.15, 0.2) is 53.4 Å². The van der Waals surface area contributed by atoms with Crippen molar-refractivity contribution >= 4 is 38.9 Å². The van der Waals surface area contributed by atoms with Gasteiger partial charge < -0.3 is 4.90 Å². The molecular weight excluding hydrogens is 369 g/mol. The molecule has 3 rings (SSSR count). The molecule has 0 aliphatic carbocycles. The number of sulfone groups is 1. The molecule has 0 N–H and O–H groups in total. The molecule has 1 amide bonds. The lowest BCUT2D eigenvalue weighted by atomic mass is 10.2. The molecular formula is C17H15Cl2NO3S. The molecule has 7 heteroatoms. The van der Waals surface area contributed by atoms with Gasteiger partial charge in [-0.3, -0.25) is 4.79 Å². The summed E-state index contributed by atoms with van der Waals surface area (Å²) in [5, 5.41) is 0.352. The van der Waals surface area contributed by atoms with Crippen molar-refractivity contribution in [1.29, 1.82) is 0 Å². The molecule has 1 aliphatic rings. The zero-order chi connectivity index (χ0) is 17.3. The second-order valence-electron chi connectivity index (χ2n) is 5.67. The molecule has 1 aliphatic heterocycles. The number of benzene rings is 2. The first kappa shape index (κ1) is 17.3. The van der Waals surface area contributed by atoms with Crippen molar-refractivity contribution in [2.24, 2.45) is 0 Å². The van der Waals surface area contributed by atoms with Gasteiger partial charge in [0.25, 0.3) is 5.91 Å². The highest BCUT2D eigenvalue weighted by Crippen LogP contribution is 2.26. The number of amides is 1. The summed E-state index contributed by atoms with van der Waals surface area (Å²) in [5.74, 6) is -0.202. The van der Waals surface area contributed by atoms with Crippen molar-refractivity contribution in [3.8, 4) is 0 Å². The Morgan fingerprint density at radius 2 is 1.75 bits per heavy atom. The second-order valence-corrected chi connectivity index (χ2v) is 8.77. The van der Waals surface area contributed by atoms with Gasteiger partial charge in [-0.05, 0) is 48.9 Å². The Balaban J connectivity index is 1.77. The second kappa shape index (κ2) is 6.75. The summed E-state index contributed by atoms with van der Waals surface area (Å²) in [6.45, 7) is 0.582. The Kier molecular flexibility index (Phi) is 4.85. The average Bonchev–Trinajstić information content (AvgIpc) is 3.05. The van der Waals surface area contributed by atoms with E-state index in [0.717, 1.165) is 0 Å². The van der Waals surface area contributed by atoms with Crippen molar-refractivity contribution in [2.45, 2.75) is 16.6 Å². The molecule has 0 aromatic heterocycles. The molecule has 1 atom stereocenters. The Labute approximate surface area is 150 Å². The monoisotopic (exact) mass is 383 g/mol. The maximum Gasteiger partial charge on any atom is 0.253 e. The molecule has 126 valence electrons. The van der Waals surface area contributed by atoms with E-state index in [9.17, 15) is 13.2 Å². The SMILES string of the molecule is O=C(c1cccc(Cl)c1)N1CCC(S(=O)(=O)c2ccc(Cl)cc2)C1. The minimum atomic E-state index is -3.49. The van der Waals surface area contributed by atoms with Gasteiger partial charge >= 0.3 is 0 Å². The Hall–Kier alpha value is -1.56. The number of hydrogen-bond donors (Lipinski definition) is 0. The molecule has 2 aromatic carbocycles. The smallest absolute Gasteiger partial charge is 0.253 e. The molecule has 0 spiro atoms. The Morgan fingerprint density at radius 3 is 2.42 bits per heavy atom. The van der Waals surface area contributed by atoms with Crippen LogP contribution in [0.1, 0.15) is 16.8 Å². The van der Waals surface area contributed by atoms with Gasteiger partial charge in [0.1, 0.15) is 0 Å². The Morgan fingerprint density at radius 1 is 1.04 bits per heavy atom. The summed E-state index contributed by atoms with van der Waals surface area (Å²) >= 11 is 11.7. The van der Waals surface area contributed by atoms with E-state index >= 15 is 0 Å². The largest absolute Gasteiger partial charge is 0.337 e. The number of carbonyl (C=O) groups is 1. The van der Waals surface area contributed by atoms with E-state index in [1.54, 1.807) is 41.3 Å². The van der Waals surface area contributed by atoms with Gasteiger partial charge in [-0.1, -0.05) is 29.3 Å². The minimum absolute atomic E-state index is 0.177. The lowest BCUT2D eigenvalue weighted by Gasteiger charge is -2.17. The summed E-state index contributed by atoms with van der Waals surface area (Å²) < 4.78 is 25.4. The summed E-state index contributed by atoms with van der Waals surface area (Å²) in [6.07, 6.45) is 0.414. The number of halogens is 2. The zero-order valence-electron chi connectivity index (χ0n) is 12.7. The number of likely N-dealkylation sites (tertiary alicyclic amines) is 1. The van der Waals surface area contributed by atoms with Crippen LogP contribution in [-0.2, 0) is 9.84 Å². The van der Waals surface area contributed by atoms with Gasteiger partial charge in [-0.15, -0.1) is 0 Å². The summed E-state index contributed by atoms with van der Waals surface area (Å²) in [5.41, 5.74) is 0.465. The van der Waals surface area contributed by atoms with Crippen molar-refractivity contribution in [3.63, 3.8) is 0 Å². The molecule has 0 saturated carbocycles. The van der Waals surface area contributed by atoms with Crippen LogP contribution in [0.4, 0.5) is 0 Å². The van der Waals surface area contributed by atoms with Gasteiger partial charge in [0, 0.05) is 28.7 Å². The Bertz CT molecular complexity index is 866. The van der Waals surface area contributed by atoms with Gasteiger partial charge in [0.2, 0.25) is 0 Å². The first-order chi connectivity index (χ1) is 11.4. The highest BCUT2D eigenvalue weighted by atomic mass is 35.5. The van der Waals surface area contributed by atoms with Gasteiger partial charge in [0.05, 0.1) is 10.1 Å². The molecule has 2 aromatic rings. The molecule has 24 heavy (non-hydrogen) atoms. The average molecular weight is 384 g/mol. The first-order valence-corrected chi connectivity index (χ1v) is 9.72. The summed E-state index contributed by atoms with van der Waals surface area (Å²) in [6, 6.07) is 12.8. The van der Waals surface area contributed by atoms with Crippen molar-refractivity contribution in [1.82, 2.24) is 4.90 Å². The highest BCUT2D eigenvalue weighted by Gasteiger charge is 2.36.